The summed E-state index contributed by atoms with van der Waals surface area (Å²) in [6.07, 6.45) is -0.382. The van der Waals surface area contributed by atoms with E-state index < -0.39 is 17.7 Å². The summed E-state index contributed by atoms with van der Waals surface area (Å²) in [7, 11) is 1.57. The fraction of sp³-hybridized carbons (Fsp3) is 0.250. The van der Waals surface area contributed by atoms with Crippen molar-refractivity contribution in [3.63, 3.8) is 0 Å². The zero-order valence-electron chi connectivity index (χ0n) is 11.4. The van der Waals surface area contributed by atoms with Crippen LogP contribution in [0.1, 0.15) is 11.1 Å². The average molecular weight is 357 g/mol. The molecule has 0 fully saturated rings. The van der Waals surface area contributed by atoms with Crippen LogP contribution >= 0.6 is 15.9 Å². The minimum atomic E-state index is -0.896. The molecular formula is C16H15BrF2O2. The van der Waals surface area contributed by atoms with Gasteiger partial charge in [-0.1, -0.05) is 18.2 Å². The van der Waals surface area contributed by atoms with Gasteiger partial charge in [-0.05, 0) is 51.7 Å². The van der Waals surface area contributed by atoms with Crippen LogP contribution < -0.4 is 4.74 Å². The molecule has 2 aromatic rings. The van der Waals surface area contributed by atoms with Gasteiger partial charge in [-0.3, -0.25) is 0 Å². The minimum absolute atomic E-state index is 0.0627. The lowest BCUT2D eigenvalue weighted by Gasteiger charge is -2.13. The third kappa shape index (κ3) is 4.02. The molecule has 1 atom stereocenters. The van der Waals surface area contributed by atoms with Crippen LogP contribution in [-0.4, -0.2) is 18.3 Å². The van der Waals surface area contributed by atoms with Crippen molar-refractivity contribution in [1.82, 2.24) is 0 Å². The van der Waals surface area contributed by atoms with Crippen molar-refractivity contribution < 1.29 is 18.6 Å². The highest BCUT2D eigenvalue weighted by atomic mass is 79.9. The van der Waals surface area contributed by atoms with Gasteiger partial charge in [0, 0.05) is 6.42 Å². The van der Waals surface area contributed by atoms with Gasteiger partial charge in [-0.25, -0.2) is 8.78 Å². The molecule has 0 aliphatic heterocycles. The van der Waals surface area contributed by atoms with E-state index >= 15 is 0 Å². The summed E-state index contributed by atoms with van der Waals surface area (Å²) in [5.41, 5.74) is 1.06. The summed E-state index contributed by atoms with van der Waals surface area (Å²) in [6, 6.07) is 9.43. The third-order valence-corrected chi connectivity index (χ3v) is 3.79. The van der Waals surface area contributed by atoms with Crippen molar-refractivity contribution in [2.24, 2.45) is 0 Å². The number of methoxy groups -OCH3 is 1. The van der Waals surface area contributed by atoms with Crippen LogP contribution in [0.3, 0.4) is 0 Å². The van der Waals surface area contributed by atoms with E-state index in [9.17, 15) is 13.9 Å². The molecule has 2 aromatic carbocycles. The van der Waals surface area contributed by atoms with Crippen molar-refractivity contribution in [3.8, 4) is 5.75 Å². The standard InChI is InChI=1S/C16H15BrF2O2/c1-21-15-6-5-10(8-13(15)17)7-12(20)9-11-3-2-4-14(18)16(11)19/h2-6,8,12,20H,7,9H2,1H3. The molecule has 2 rings (SSSR count). The van der Waals surface area contributed by atoms with Crippen LogP contribution in [0.25, 0.3) is 0 Å². The molecule has 0 aliphatic rings. The molecule has 0 saturated heterocycles. The molecule has 0 bridgehead atoms. The van der Waals surface area contributed by atoms with E-state index in [1.165, 1.54) is 12.1 Å². The Labute approximate surface area is 130 Å². The van der Waals surface area contributed by atoms with Crippen molar-refractivity contribution in [1.29, 1.82) is 0 Å². The van der Waals surface area contributed by atoms with Gasteiger partial charge >= 0.3 is 0 Å². The molecule has 0 amide bonds. The number of ether oxygens (including phenoxy) is 1. The zero-order valence-corrected chi connectivity index (χ0v) is 13.0. The zero-order chi connectivity index (χ0) is 15.4. The van der Waals surface area contributed by atoms with E-state index in [1.54, 1.807) is 13.2 Å². The number of hydrogen-bond donors (Lipinski definition) is 1. The van der Waals surface area contributed by atoms with E-state index in [4.69, 9.17) is 4.74 Å². The van der Waals surface area contributed by atoms with Crippen LogP contribution in [0.5, 0.6) is 5.75 Å². The topological polar surface area (TPSA) is 29.5 Å². The summed E-state index contributed by atoms with van der Waals surface area (Å²) < 4.78 is 32.6. The second kappa shape index (κ2) is 7.00. The summed E-state index contributed by atoms with van der Waals surface area (Å²) in [5.74, 6) is -1.09. The maximum absolute atomic E-state index is 13.6. The fourth-order valence-corrected chi connectivity index (χ4v) is 2.73. The molecule has 0 saturated carbocycles. The van der Waals surface area contributed by atoms with E-state index in [0.717, 1.165) is 16.1 Å². The van der Waals surface area contributed by atoms with Gasteiger partial charge in [-0.2, -0.15) is 0 Å². The molecule has 1 N–H and O–H groups in total. The molecule has 1 unspecified atom stereocenters. The molecule has 0 aliphatic carbocycles. The third-order valence-electron chi connectivity index (χ3n) is 3.17. The molecule has 21 heavy (non-hydrogen) atoms. The Morgan fingerprint density at radius 3 is 2.62 bits per heavy atom. The van der Waals surface area contributed by atoms with E-state index in [-0.39, 0.29) is 12.0 Å². The van der Waals surface area contributed by atoms with Crippen molar-refractivity contribution in [2.45, 2.75) is 18.9 Å². The Morgan fingerprint density at radius 1 is 1.19 bits per heavy atom. The largest absolute Gasteiger partial charge is 0.496 e. The molecular weight excluding hydrogens is 342 g/mol. The molecule has 2 nitrogen and oxygen atoms in total. The SMILES string of the molecule is COc1ccc(CC(O)Cc2cccc(F)c2F)cc1Br. The Morgan fingerprint density at radius 2 is 1.95 bits per heavy atom. The first kappa shape index (κ1) is 15.9. The highest BCUT2D eigenvalue weighted by Crippen LogP contribution is 2.26. The quantitative estimate of drug-likeness (QED) is 0.880. The van der Waals surface area contributed by atoms with Crippen molar-refractivity contribution in [2.75, 3.05) is 7.11 Å². The van der Waals surface area contributed by atoms with Crippen LogP contribution in [0.4, 0.5) is 8.78 Å². The Balaban J connectivity index is 2.06. The van der Waals surface area contributed by atoms with E-state index in [0.29, 0.717) is 12.2 Å². The summed E-state index contributed by atoms with van der Waals surface area (Å²) in [5, 5.41) is 10.1. The smallest absolute Gasteiger partial charge is 0.162 e. The number of benzene rings is 2. The lowest BCUT2D eigenvalue weighted by molar-refractivity contribution is 0.174. The van der Waals surface area contributed by atoms with E-state index in [2.05, 4.69) is 15.9 Å². The van der Waals surface area contributed by atoms with Crippen LogP contribution in [-0.2, 0) is 12.8 Å². The Hall–Kier alpha value is -1.46. The minimum Gasteiger partial charge on any atom is -0.496 e. The highest BCUT2D eigenvalue weighted by Gasteiger charge is 2.13. The normalized spacial score (nSPS) is 12.2. The van der Waals surface area contributed by atoms with Gasteiger partial charge in [0.05, 0.1) is 17.7 Å². The van der Waals surface area contributed by atoms with Crippen LogP contribution in [0.2, 0.25) is 0 Å². The van der Waals surface area contributed by atoms with Crippen molar-refractivity contribution in [3.05, 3.63) is 63.6 Å². The lowest BCUT2D eigenvalue weighted by atomic mass is 10.0. The Kier molecular flexibility index (Phi) is 5.31. The monoisotopic (exact) mass is 356 g/mol. The van der Waals surface area contributed by atoms with Gasteiger partial charge < -0.3 is 9.84 Å². The average Bonchev–Trinajstić information content (AvgIpc) is 2.44. The summed E-state index contributed by atoms with van der Waals surface area (Å²) in [4.78, 5) is 0. The number of halogens is 3. The molecule has 0 aromatic heterocycles. The van der Waals surface area contributed by atoms with Crippen LogP contribution in [0, 0.1) is 11.6 Å². The molecule has 5 heteroatoms. The number of rotatable bonds is 5. The van der Waals surface area contributed by atoms with Crippen molar-refractivity contribution >= 4 is 15.9 Å². The lowest BCUT2D eigenvalue weighted by Crippen LogP contribution is -2.15. The molecule has 0 heterocycles. The first-order chi connectivity index (χ1) is 10.0. The maximum atomic E-state index is 13.6. The first-order valence-electron chi connectivity index (χ1n) is 6.44. The van der Waals surface area contributed by atoms with Gasteiger partial charge in [-0.15, -0.1) is 0 Å². The van der Waals surface area contributed by atoms with Gasteiger partial charge in [0.1, 0.15) is 5.75 Å². The van der Waals surface area contributed by atoms with Gasteiger partial charge in [0.15, 0.2) is 11.6 Å². The van der Waals surface area contributed by atoms with Gasteiger partial charge in [0.2, 0.25) is 0 Å². The van der Waals surface area contributed by atoms with Gasteiger partial charge in [0.25, 0.3) is 0 Å². The molecule has 112 valence electrons. The molecule has 0 radical (unpaired) electrons. The second-order valence-corrected chi connectivity index (χ2v) is 5.60. The number of hydrogen-bond acceptors (Lipinski definition) is 2. The predicted octanol–water partition coefficient (Wildman–Crippen LogP) is 3.88. The number of aliphatic hydroxyl groups is 1. The Bertz CT molecular complexity index is 632. The molecule has 0 spiro atoms. The predicted molar refractivity (Wildman–Crippen MR) is 80.5 cm³/mol. The first-order valence-corrected chi connectivity index (χ1v) is 7.24. The number of aliphatic hydroxyl groups excluding tert-OH is 1. The summed E-state index contributed by atoms with van der Waals surface area (Å²) in [6.45, 7) is 0. The highest BCUT2D eigenvalue weighted by molar-refractivity contribution is 9.10. The van der Waals surface area contributed by atoms with E-state index in [1.807, 2.05) is 12.1 Å². The maximum Gasteiger partial charge on any atom is 0.162 e. The van der Waals surface area contributed by atoms with Crippen LogP contribution in [0.15, 0.2) is 40.9 Å². The second-order valence-electron chi connectivity index (χ2n) is 4.74. The fourth-order valence-electron chi connectivity index (χ4n) is 2.14. The summed E-state index contributed by atoms with van der Waals surface area (Å²) >= 11 is 3.37.